The molecule has 2 rings (SSSR count). The van der Waals surface area contributed by atoms with Gasteiger partial charge in [0.25, 0.3) is 0 Å². The predicted octanol–water partition coefficient (Wildman–Crippen LogP) is 1.63. The Morgan fingerprint density at radius 3 is 2.45 bits per heavy atom. The third-order valence-corrected chi connectivity index (χ3v) is 3.31. The number of hydrogen-bond donors (Lipinski definition) is 0. The van der Waals surface area contributed by atoms with Crippen LogP contribution in [0.3, 0.4) is 0 Å². The molecule has 0 aromatic carbocycles. The number of hydrogen-bond acceptors (Lipinski definition) is 5. The van der Waals surface area contributed by atoms with Crippen molar-refractivity contribution < 1.29 is 18.0 Å². The van der Waals surface area contributed by atoms with E-state index in [-0.39, 0.29) is 23.8 Å². The third kappa shape index (κ3) is 3.57. The van der Waals surface area contributed by atoms with Crippen LogP contribution in [0.2, 0.25) is 5.15 Å². The van der Waals surface area contributed by atoms with Crippen molar-refractivity contribution in [3.8, 4) is 0 Å². The zero-order chi connectivity index (χ0) is 14.8. The molecule has 0 unspecified atom stereocenters. The number of halogens is 4. The fraction of sp³-hybridized carbons (Fsp3) is 0.545. The van der Waals surface area contributed by atoms with Crippen molar-refractivity contribution in [1.82, 2.24) is 14.9 Å². The number of carbonyl (C=O) groups is 1. The lowest BCUT2D eigenvalue weighted by Crippen LogP contribution is -2.49. The molecule has 0 spiro atoms. The highest BCUT2D eigenvalue weighted by Crippen LogP contribution is 2.23. The van der Waals surface area contributed by atoms with Gasteiger partial charge in [0.1, 0.15) is 17.3 Å². The van der Waals surface area contributed by atoms with E-state index in [1.807, 2.05) is 0 Å². The van der Waals surface area contributed by atoms with Crippen LogP contribution in [0, 0.1) is 0 Å². The van der Waals surface area contributed by atoms with Gasteiger partial charge in [-0.25, -0.2) is 9.97 Å². The van der Waals surface area contributed by atoms with E-state index in [0.717, 1.165) is 0 Å². The van der Waals surface area contributed by atoms with Gasteiger partial charge in [-0.2, -0.15) is 13.2 Å². The number of carbonyl (C=O) groups excluding carboxylic acids is 1. The molecule has 1 fully saturated rings. The Kier molecular flexibility index (Phi) is 4.44. The van der Waals surface area contributed by atoms with E-state index >= 15 is 0 Å². The lowest BCUT2D eigenvalue weighted by atomic mass is 10.2. The molecule has 0 saturated carbocycles. The molecular formula is C11H12ClF3N4O. The summed E-state index contributed by atoms with van der Waals surface area (Å²) in [4.78, 5) is 21.8. The van der Waals surface area contributed by atoms with Crippen molar-refractivity contribution >= 4 is 23.7 Å². The van der Waals surface area contributed by atoms with Gasteiger partial charge in [-0.15, -0.1) is 0 Å². The average Bonchev–Trinajstić information content (AvgIpc) is 2.37. The highest BCUT2D eigenvalue weighted by Gasteiger charge is 2.32. The smallest absolute Gasteiger partial charge is 0.353 e. The van der Waals surface area contributed by atoms with Crippen LogP contribution >= 0.6 is 11.6 Å². The Balaban J connectivity index is 2.04. The molecule has 0 aliphatic carbocycles. The molecule has 9 heteroatoms. The first-order valence-corrected chi connectivity index (χ1v) is 6.28. The summed E-state index contributed by atoms with van der Waals surface area (Å²) in [5.41, 5.74) is 0.165. The summed E-state index contributed by atoms with van der Waals surface area (Å²) in [5.74, 6) is 0.367. The molecule has 1 aliphatic rings. The second-order valence-corrected chi connectivity index (χ2v) is 4.76. The number of aromatic nitrogens is 2. The van der Waals surface area contributed by atoms with Crippen molar-refractivity contribution in [3.63, 3.8) is 0 Å². The minimum absolute atomic E-state index is 0.0442. The Bertz CT molecular complexity index is 489. The molecule has 1 saturated heterocycles. The summed E-state index contributed by atoms with van der Waals surface area (Å²) in [7, 11) is 0. The summed E-state index contributed by atoms with van der Waals surface area (Å²) in [6.45, 7) is 0.277. The summed E-state index contributed by atoms with van der Waals surface area (Å²) in [5, 5.41) is 0.0442. The van der Waals surface area contributed by atoms with Crippen molar-refractivity contribution in [2.75, 3.05) is 37.6 Å². The van der Waals surface area contributed by atoms with E-state index in [9.17, 15) is 18.0 Å². The SMILES string of the molecule is O=Cc1c(Cl)ncnc1N1CCN(CC(F)(F)F)CC1. The van der Waals surface area contributed by atoms with Crippen LogP contribution < -0.4 is 4.90 Å². The Morgan fingerprint density at radius 1 is 1.25 bits per heavy atom. The van der Waals surface area contributed by atoms with E-state index < -0.39 is 12.7 Å². The fourth-order valence-corrected chi connectivity index (χ4v) is 2.26. The Labute approximate surface area is 118 Å². The number of alkyl halides is 3. The third-order valence-electron chi connectivity index (χ3n) is 3.01. The molecule has 0 amide bonds. The van der Waals surface area contributed by atoms with E-state index in [1.165, 1.54) is 11.2 Å². The van der Waals surface area contributed by atoms with Crippen molar-refractivity contribution in [1.29, 1.82) is 0 Å². The Morgan fingerprint density at radius 2 is 1.90 bits per heavy atom. The number of piperazine rings is 1. The van der Waals surface area contributed by atoms with Gasteiger partial charge < -0.3 is 4.90 Å². The fourth-order valence-electron chi connectivity index (χ4n) is 2.09. The van der Waals surface area contributed by atoms with Crippen molar-refractivity contribution in [3.05, 3.63) is 17.0 Å². The molecule has 110 valence electrons. The number of rotatable bonds is 3. The van der Waals surface area contributed by atoms with Gasteiger partial charge >= 0.3 is 6.18 Å². The van der Waals surface area contributed by atoms with E-state index in [1.54, 1.807) is 4.90 Å². The number of aldehydes is 1. The number of nitrogens with zero attached hydrogens (tertiary/aromatic N) is 4. The van der Waals surface area contributed by atoms with Gasteiger partial charge in [-0.05, 0) is 0 Å². The molecule has 1 aromatic rings. The monoisotopic (exact) mass is 308 g/mol. The number of anilines is 1. The van der Waals surface area contributed by atoms with E-state index in [0.29, 0.717) is 25.2 Å². The first-order valence-electron chi connectivity index (χ1n) is 5.90. The lowest BCUT2D eigenvalue weighted by molar-refractivity contribution is -0.146. The summed E-state index contributed by atoms with van der Waals surface area (Å²) < 4.78 is 36.9. The minimum atomic E-state index is -4.20. The highest BCUT2D eigenvalue weighted by atomic mass is 35.5. The average molecular weight is 309 g/mol. The van der Waals surface area contributed by atoms with E-state index in [2.05, 4.69) is 9.97 Å². The molecule has 0 bridgehead atoms. The van der Waals surface area contributed by atoms with E-state index in [4.69, 9.17) is 11.6 Å². The van der Waals surface area contributed by atoms with Crippen LogP contribution in [0.5, 0.6) is 0 Å². The molecular weight excluding hydrogens is 297 g/mol. The van der Waals surface area contributed by atoms with Gasteiger partial charge in [0.2, 0.25) is 0 Å². The zero-order valence-corrected chi connectivity index (χ0v) is 11.2. The van der Waals surface area contributed by atoms with Crippen molar-refractivity contribution in [2.45, 2.75) is 6.18 Å². The van der Waals surface area contributed by atoms with Crippen LogP contribution in [0.1, 0.15) is 10.4 Å². The first kappa shape index (κ1) is 15.0. The van der Waals surface area contributed by atoms with Crippen LogP contribution in [0.4, 0.5) is 19.0 Å². The summed E-state index contributed by atoms with van der Waals surface area (Å²) in [6.07, 6.45) is -2.42. The minimum Gasteiger partial charge on any atom is -0.353 e. The normalized spacial score (nSPS) is 17.3. The molecule has 0 atom stereocenters. The molecule has 1 aliphatic heterocycles. The second-order valence-electron chi connectivity index (χ2n) is 4.40. The standard InChI is InChI=1S/C11H12ClF3N4O/c12-9-8(5-20)10(17-7-16-9)19-3-1-18(2-4-19)6-11(13,14)15/h5,7H,1-4,6H2. The molecule has 0 N–H and O–H groups in total. The van der Waals surface area contributed by atoms with Gasteiger partial charge in [-0.1, -0.05) is 11.6 Å². The maximum atomic E-state index is 12.3. The van der Waals surface area contributed by atoms with Gasteiger partial charge in [0.05, 0.1) is 12.1 Å². The quantitative estimate of drug-likeness (QED) is 0.627. The molecule has 0 radical (unpaired) electrons. The zero-order valence-electron chi connectivity index (χ0n) is 10.4. The van der Waals surface area contributed by atoms with Crippen LogP contribution in [0.25, 0.3) is 0 Å². The molecule has 5 nitrogen and oxygen atoms in total. The van der Waals surface area contributed by atoms with Gasteiger partial charge in [0, 0.05) is 26.2 Å². The van der Waals surface area contributed by atoms with Crippen molar-refractivity contribution in [2.24, 2.45) is 0 Å². The largest absolute Gasteiger partial charge is 0.401 e. The van der Waals surface area contributed by atoms with Crippen LogP contribution in [-0.4, -0.2) is 60.1 Å². The maximum Gasteiger partial charge on any atom is 0.401 e. The highest BCUT2D eigenvalue weighted by molar-refractivity contribution is 6.32. The summed E-state index contributed by atoms with van der Waals surface area (Å²) in [6, 6.07) is 0. The van der Waals surface area contributed by atoms with Crippen LogP contribution in [0.15, 0.2) is 6.33 Å². The topological polar surface area (TPSA) is 49.3 Å². The van der Waals surface area contributed by atoms with Crippen LogP contribution in [-0.2, 0) is 0 Å². The maximum absolute atomic E-state index is 12.3. The van der Waals surface area contributed by atoms with Gasteiger partial charge in [0.15, 0.2) is 6.29 Å². The Hall–Kier alpha value is -1.41. The van der Waals surface area contributed by atoms with Gasteiger partial charge in [-0.3, -0.25) is 9.69 Å². The molecule has 1 aromatic heterocycles. The molecule has 20 heavy (non-hydrogen) atoms. The second kappa shape index (κ2) is 5.92. The summed E-state index contributed by atoms with van der Waals surface area (Å²) >= 11 is 5.80. The lowest BCUT2D eigenvalue weighted by Gasteiger charge is -2.35. The first-order chi connectivity index (χ1) is 9.40. The predicted molar refractivity (Wildman–Crippen MR) is 67.1 cm³/mol. The molecule has 2 heterocycles.